The third-order valence-corrected chi connectivity index (χ3v) is 2.70. The van der Waals surface area contributed by atoms with E-state index in [1.807, 2.05) is 0 Å². The molecule has 0 aliphatic carbocycles. The maximum atomic E-state index is 12.1. The normalized spacial score (nSPS) is 10.2. The quantitative estimate of drug-likeness (QED) is 0.445. The Labute approximate surface area is 119 Å². The van der Waals surface area contributed by atoms with Gasteiger partial charge in [-0.25, -0.2) is 0 Å². The van der Waals surface area contributed by atoms with Gasteiger partial charge in [0.1, 0.15) is 6.54 Å². The number of ketones is 1. The summed E-state index contributed by atoms with van der Waals surface area (Å²) in [5, 5.41) is 14.1. The summed E-state index contributed by atoms with van der Waals surface area (Å²) < 4.78 is 11.3. The third kappa shape index (κ3) is 3.14. The minimum Gasteiger partial charge on any atom is -0.493 e. The van der Waals surface area contributed by atoms with Gasteiger partial charge in [-0.3, -0.25) is 4.79 Å². The molecular formula is C12H12N4O5. The molecule has 0 saturated carbocycles. The number of benzene rings is 1. The van der Waals surface area contributed by atoms with Gasteiger partial charge in [-0.05, 0) is 23.1 Å². The molecule has 0 aliphatic rings. The van der Waals surface area contributed by atoms with Gasteiger partial charge in [0, 0.05) is 10.7 Å². The fourth-order valence-electron chi connectivity index (χ4n) is 1.69. The first kappa shape index (κ1) is 14.4. The summed E-state index contributed by atoms with van der Waals surface area (Å²) in [6.07, 6.45) is 1.14. The second kappa shape index (κ2) is 5.99. The Balaban J connectivity index is 2.17. The number of hydrogen-bond donors (Lipinski definition) is 0. The molecule has 0 fully saturated rings. The van der Waals surface area contributed by atoms with Crippen molar-refractivity contribution in [2.75, 3.05) is 14.2 Å². The third-order valence-electron chi connectivity index (χ3n) is 2.70. The minimum absolute atomic E-state index is 0.156. The van der Waals surface area contributed by atoms with E-state index in [1.165, 1.54) is 20.3 Å². The zero-order valence-corrected chi connectivity index (χ0v) is 11.3. The largest absolute Gasteiger partial charge is 0.493 e. The summed E-state index contributed by atoms with van der Waals surface area (Å²) >= 11 is 0. The Hall–Kier alpha value is -2.97. The van der Waals surface area contributed by atoms with Gasteiger partial charge in [-0.1, -0.05) is 4.98 Å². The monoisotopic (exact) mass is 292 g/mol. The topological polar surface area (TPSA) is 109 Å². The van der Waals surface area contributed by atoms with Gasteiger partial charge in [0.15, 0.2) is 17.3 Å². The molecule has 0 unspecified atom stereocenters. The summed E-state index contributed by atoms with van der Waals surface area (Å²) in [4.78, 5) is 25.3. The average Bonchev–Trinajstić information content (AvgIpc) is 2.95. The highest BCUT2D eigenvalue weighted by atomic mass is 16.6. The Kier molecular flexibility index (Phi) is 4.12. The molecule has 2 rings (SSSR count). The molecule has 2 aromatic rings. The first-order valence-electron chi connectivity index (χ1n) is 5.84. The van der Waals surface area contributed by atoms with Crippen LogP contribution in [0.5, 0.6) is 11.5 Å². The van der Waals surface area contributed by atoms with Crippen LogP contribution in [0.15, 0.2) is 24.5 Å². The highest BCUT2D eigenvalue weighted by Crippen LogP contribution is 2.27. The van der Waals surface area contributed by atoms with Gasteiger partial charge in [-0.2, -0.15) is 4.68 Å². The molecule has 0 aliphatic heterocycles. The lowest BCUT2D eigenvalue weighted by Gasteiger charge is -2.08. The number of aromatic nitrogens is 3. The van der Waals surface area contributed by atoms with E-state index in [1.54, 1.807) is 12.1 Å². The smallest absolute Gasteiger partial charge is 0.490 e. The molecule has 0 saturated heterocycles. The van der Waals surface area contributed by atoms with Crippen molar-refractivity contribution in [3.8, 4) is 11.5 Å². The van der Waals surface area contributed by atoms with Crippen LogP contribution in [0, 0.1) is 10.1 Å². The van der Waals surface area contributed by atoms with Crippen molar-refractivity contribution >= 4 is 11.7 Å². The Morgan fingerprint density at radius 2 is 2.05 bits per heavy atom. The van der Waals surface area contributed by atoms with Gasteiger partial charge >= 0.3 is 5.95 Å². The van der Waals surface area contributed by atoms with Crippen LogP contribution >= 0.6 is 0 Å². The Bertz CT molecular complexity index is 682. The van der Waals surface area contributed by atoms with Crippen LogP contribution in [0.1, 0.15) is 10.4 Å². The van der Waals surface area contributed by atoms with Crippen molar-refractivity contribution in [2.24, 2.45) is 0 Å². The van der Waals surface area contributed by atoms with Gasteiger partial charge in [0.25, 0.3) is 0 Å². The highest BCUT2D eigenvalue weighted by molar-refractivity contribution is 5.96. The van der Waals surface area contributed by atoms with E-state index in [0.29, 0.717) is 17.1 Å². The van der Waals surface area contributed by atoms with E-state index in [9.17, 15) is 14.9 Å². The molecule has 0 atom stereocenters. The average molecular weight is 292 g/mol. The fourth-order valence-corrected chi connectivity index (χ4v) is 1.69. The summed E-state index contributed by atoms with van der Waals surface area (Å²) in [5.41, 5.74) is 0.380. The highest BCUT2D eigenvalue weighted by Gasteiger charge is 2.17. The van der Waals surface area contributed by atoms with Gasteiger partial charge in [0.05, 0.1) is 14.2 Å². The lowest BCUT2D eigenvalue weighted by atomic mass is 10.1. The zero-order chi connectivity index (χ0) is 15.4. The van der Waals surface area contributed by atoms with E-state index in [-0.39, 0.29) is 12.3 Å². The van der Waals surface area contributed by atoms with Crippen LogP contribution in [-0.4, -0.2) is 39.7 Å². The second-order valence-electron chi connectivity index (χ2n) is 3.99. The maximum Gasteiger partial charge on any atom is 0.490 e. The van der Waals surface area contributed by atoms with Gasteiger partial charge in [0.2, 0.25) is 6.33 Å². The van der Waals surface area contributed by atoms with Crippen LogP contribution in [-0.2, 0) is 6.54 Å². The van der Waals surface area contributed by atoms with E-state index in [4.69, 9.17) is 9.47 Å². The van der Waals surface area contributed by atoms with E-state index in [2.05, 4.69) is 10.1 Å². The SMILES string of the molecule is COc1ccc(C(=O)Cn2cnc([N+](=O)[O-])n2)cc1OC. The molecule has 9 heteroatoms. The number of ether oxygens (including phenoxy) is 2. The predicted molar refractivity (Wildman–Crippen MR) is 70.6 cm³/mol. The molecule has 0 spiro atoms. The summed E-state index contributed by atoms with van der Waals surface area (Å²) in [5.74, 6) is 0.101. The summed E-state index contributed by atoms with van der Waals surface area (Å²) in [7, 11) is 2.96. The molecular weight excluding hydrogens is 280 g/mol. The number of rotatable bonds is 6. The second-order valence-corrected chi connectivity index (χ2v) is 3.99. The van der Waals surface area contributed by atoms with Crippen LogP contribution in [0.2, 0.25) is 0 Å². The first-order valence-corrected chi connectivity index (χ1v) is 5.84. The van der Waals surface area contributed by atoms with Crippen molar-refractivity contribution in [3.05, 3.63) is 40.2 Å². The van der Waals surface area contributed by atoms with E-state index < -0.39 is 10.9 Å². The number of methoxy groups -OCH3 is 2. The molecule has 110 valence electrons. The van der Waals surface area contributed by atoms with Gasteiger partial charge < -0.3 is 19.6 Å². The lowest BCUT2D eigenvalue weighted by molar-refractivity contribution is -0.394. The Morgan fingerprint density at radius 1 is 1.33 bits per heavy atom. The molecule has 21 heavy (non-hydrogen) atoms. The van der Waals surface area contributed by atoms with Crippen LogP contribution in [0.3, 0.4) is 0 Å². The fraction of sp³-hybridized carbons (Fsp3) is 0.250. The molecule has 0 bridgehead atoms. The molecule has 1 heterocycles. The zero-order valence-electron chi connectivity index (χ0n) is 11.3. The number of carbonyl (C=O) groups excluding carboxylic acids is 1. The van der Waals surface area contributed by atoms with Crippen LogP contribution in [0.25, 0.3) is 0 Å². The number of carbonyl (C=O) groups is 1. The van der Waals surface area contributed by atoms with Crippen molar-refractivity contribution < 1.29 is 19.2 Å². The Morgan fingerprint density at radius 3 is 2.62 bits per heavy atom. The number of nitrogens with zero attached hydrogens (tertiary/aromatic N) is 4. The minimum atomic E-state index is -0.725. The molecule has 0 N–H and O–H groups in total. The van der Waals surface area contributed by atoms with Crippen LogP contribution in [0.4, 0.5) is 5.95 Å². The molecule has 1 aromatic heterocycles. The van der Waals surface area contributed by atoms with E-state index >= 15 is 0 Å². The standard InChI is InChI=1S/C12H12N4O5/c1-20-10-4-3-8(5-11(10)21-2)9(17)6-15-7-13-12(14-15)16(18)19/h3-5,7H,6H2,1-2H3. The van der Waals surface area contributed by atoms with Crippen molar-refractivity contribution in [3.63, 3.8) is 0 Å². The molecule has 9 nitrogen and oxygen atoms in total. The van der Waals surface area contributed by atoms with Crippen molar-refractivity contribution in [1.29, 1.82) is 0 Å². The van der Waals surface area contributed by atoms with Crippen LogP contribution < -0.4 is 9.47 Å². The predicted octanol–water partition coefficient (Wildman–Crippen LogP) is 1.09. The number of nitro groups is 1. The van der Waals surface area contributed by atoms with E-state index in [0.717, 1.165) is 11.0 Å². The molecule has 0 radical (unpaired) electrons. The lowest BCUT2D eigenvalue weighted by Crippen LogP contribution is -2.11. The first-order chi connectivity index (χ1) is 10.0. The van der Waals surface area contributed by atoms with Crippen molar-refractivity contribution in [1.82, 2.24) is 14.8 Å². The summed E-state index contributed by atoms with van der Waals surface area (Å²) in [6, 6.07) is 4.72. The number of Topliss-reactive ketones (excluding diaryl/α,β-unsaturated/α-hetero) is 1. The molecule has 1 aromatic carbocycles. The maximum absolute atomic E-state index is 12.1. The summed E-state index contributed by atoms with van der Waals surface area (Å²) in [6.45, 7) is -0.156. The van der Waals surface area contributed by atoms with Gasteiger partial charge in [-0.15, -0.1) is 0 Å². The van der Waals surface area contributed by atoms with Crippen molar-refractivity contribution in [2.45, 2.75) is 6.54 Å². The number of hydrogen-bond acceptors (Lipinski definition) is 7. The molecule has 0 amide bonds.